The summed E-state index contributed by atoms with van der Waals surface area (Å²) < 4.78 is 13.2. The van der Waals surface area contributed by atoms with E-state index in [2.05, 4.69) is 169 Å². The normalized spacial score (nSPS) is 11.7. The lowest BCUT2D eigenvalue weighted by Gasteiger charge is -2.25. The van der Waals surface area contributed by atoms with Crippen LogP contribution in [-0.2, 0) is 0 Å². The van der Waals surface area contributed by atoms with Crippen molar-refractivity contribution in [1.29, 1.82) is 0 Å². The molecular formula is C46H29NO2. The Kier molecular flexibility index (Phi) is 6.18. The Balaban J connectivity index is 1.22. The Hall–Kier alpha value is -6.58. The number of fused-ring (bicyclic) bond motifs is 8. The monoisotopic (exact) mass is 627 g/mol. The minimum absolute atomic E-state index is 0.846. The third-order valence-electron chi connectivity index (χ3n) is 9.64. The van der Waals surface area contributed by atoms with Gasteiger partial charge in [-0.3, -0.25) is 0 Å². The highest BCUT2D eigenvalue weighted by Crippen LogP contribution is 2.46. The topological polar surface area (TPSA) is 29.5 Å². The Morgan fingerprint density at radius 2 is 0.959 bits per heavy atom. The predicted molar refractivity (Wildman–Crippen MR) is 204 cm³/mol. The number of nitrogens with zero attached hydrogens (tertiary/aromatic N) is 1. The van der Waals surface area contributed by atoms with Gasteiger partial charge in [-0.05, 0) is 82.2 Å². The summed E-state index contributed by atoms with van der Waals surface area (Å²) in [6.07, 6.45) is 0. The Morgan fingerprint density at radius 3 is 1.82 bits per heavy atom. The molecule has 2 heterocycles. The molecule has 0 amide bonds. The maximum Gasteiger partial charge on any atom is 0.159 e. The van der Waals surface area contributed by atoms with E-state index in [9.17, 15) is 0 Å². The van der Waals surface area contributed by atoms with Gasteiger partial charge in [0, 0.05) is 38.3 Å². The standard InChI is InChI=1S/C46H29NO2/c1-3-13-30(14-4-1)31-15-11-16-32(27-31)39-29-41-38-22-12-23-42(46(38)49-45(41)37-21-8-7-19-35(37)39)47(33-17-5-2-6-18-33)34-25-26-44-40(28-34)36-20-9-10-24-43(36)48-44/h1-29H. The summed E-state index contributed by atoms with van der Waals surface area (Å²) in [5.41, 5.74) is 11.3. The third kappa shape index (κ3) is 4.44. The van der Waals surface area contributed by atoms with E-state index in [0.717, 1.165) is 71.7 Å². The maximum absolute atomic E-state index is 6.99. The van der Waals surface area contributed by atoms with Gasteiger partial charge in [0.05, 0.1) is 5.69 Å². The average molecular weight is 628 g/mol. The zero-order valence-electron chi connectivity index (χ0n) is 26.5. The second-order valence-corrected chi connectivity index (χ2v) is 12.5. The highest BCUT2D eigenvalue weighted by molar-refractivity contribution is 6.21. The number of para-hydroxylation sites is 3. The maximum atomic E-state index is 6.99. The van der Waals surface area contributed by atoms with E-state index in [4.69, 9.17) is 8.83 Å². The molecule has 0 fully saturated rings. The van der Waals surface area contributed by atoms with Gasteiger partial charge < -0.3 is 13.7 Å². The first-order valence-corrected chi connectivity index (χ1v) is 16.6. The summed E-state index contributed by atoms with van der Waals surface area (Å²) in [7, 11) is 0. The first kappa shape index (κ1) is 27.5. The molecule has 0 unspecified atom stereocenters. The van der Waals surface area contributed by atoms with Crippen LogP contribution in [0.25, 0.3) is 76.9 Å². The van der Waals surface area contributed by atoms with Gasteiger partial charge in [-0.2, -0.15) is 0 Å². The van der Waals surface area contributed by atoms with E-state index in [1.807, 2.05) is 12.1 Å². The number of benzene rings is 8. The lowest BCUT2D eigenvalue weighted by molar-refractivity contribution is 0.669. The van der Waals surface area contributed by atoms with Crippen LogP contribution in [0.2, 0.25) is 0 Å². The third-order valence-corrected chi connectivity index (χ3v) is 9.64. The summed E-state index contributed by atoms with van der Waals surface area (Å²) in [5.74, 6) is 0. The molecule has 0 aliphatic rings. The van der Waals surface area contributed by atoms with Crippen LogP contribution >= 0.6 is 0 Å². The molecule has 2 aromatic heterocycles. The van der Waals surface area contributed by atoms with Crippen LogP contribution in [0.3, 0.4) is 0 Å². The highest BCUT2D eigenvalue weighted by atomic mass is 16.3. The average Bonchev–Trinajstić information content (AvgIpc) is 3.74. The minimum atomic E-state index is 0.846. The molecule has 10 rings (SSSR count). The first-order valence-electron chi connectivity index (χ1n) is 16.6. The van der Waals surface area contributed by atoms with Crippen LogP contribution in [-0.4, -0.2) is 0 Å². The van der Waals surface area contributed by atoms with E-state index in [-0.39, 0.29) is 0 Å². The van der Waals surface area contributed by atoms with Crippen molar-refractivity contribution in [2.75, 3.05) is 4.90 Å². The van der Waals surface area contributed by atoms with Gasteiger partial charge in [0.2, 0.25) is 0 Å². The summed E-state index contributed by atoms with van der Waals surface area (Å²) >= 11 is 0. The van der Waals surface area contributed by atoms with Crippen LogP contribution < -0.4 is 4.90 Å². The second-order valence-electron chi connectivity index (χ2n) is 12.5. The van der Waals surface area contributed by atoms with Crippen LogP contribution in [0.1, 0.15) is 0 Å². The molecule has 0 aliphatic carbocycles. The SMILES string of the molecule is c1ccc(-c2cccc(-c3cc4c5cccc(N(c6ccccc6)c6ccc7oc8ccccc8c7c6)c5oc4c4ccccc34)c2)cc1. The van der Waals surface area contributed by atoms with Crippen molar-refractivity contribution in [3.63, 3.8) is 0 Å². The summed E-state index contributed by atoms with van der Waals surface area (Å²) in [5, 5.41) is 6.62. The van der Waals surface area contributed by atoms with Crippen molar-refractivity contribution in [3.8, 4) is 22.3 Å². The fourth-order valence-electron chi connectivity index (χ4n) is 7.37. The summed E-state index contributed by atoms with van der Waals surface area (Å²) in [4.78, 5) is 2.29. The molecule has 49 heavy (non-hydrogen) atoms. The molecule has 0 atom stereocenters. The Bertz CT molecular complexity index is 2830. The van der Waals surface area contributed by atoms with E-state index in [1.54, 1.807) is 0 Å². The summed E-state index contributed by atoms with van der Waals surface area (Å²) in [6, 6.07) is 61.9. The van der Waals surface area contributed by atoms with E-state index >= 15 is 0 Å². The van der Waals surface area contributed by atoms with E-state index < -0.39 is 0 Å². The fourth-order valence-corrected chi connectivity index (χ4v) is 7.37. The van der Waals surface area contributed by atoms with E-state index in [1.165, 1.54) is 22.3 Å². The molecule has 0 spiro atoms. The molecule has 230 valence electrons. The largest absolute Gasteiger partial charge is 0.456 e. The minimum Gasteiger partial charge on any atom is -0.456 e. The van der Waals surface area contributed by atoms with Crippen LogP contribution in [0.15, 0.2) is 185 Å². The molecule has 0 N–H and O–H groups in total. The molecule has 0 saturated heterocycles. The number of hydrogen-bond donors (Lipinski definition) is 0. The molecule has 0 aliphatic heterocycles. The van der Waals surface area contributed by atoms with Crippen LogP contribution in [0.5, 0.6) is 0 Å². The number of anilines is 3. The van der Waals surface area contributed by atoms with E-state index in [0.29, 0.717) is 0 Å². The molecule has 3 nitrogen and oxygen atoms in total. The van der Waals surface area contributed by atoms with Gasteiger partial charge in [0.1, 0.15) is 16.7 Å². The molecule has 0 radical (unpaired) electrons. The smallest absolute Gasteiger partial charge is 0.159 e. The lowest BCUT2D eigenvalue weighted by Crippen LogP contribution is -2.10. The lowest BCUT2D eigenvalue weighted by atomic mass is 9.93. The van der Waals surface area contributed by atoms with Crippen LogP contribution in [0, 0.1) is 0 Å². The molecule has 10 aromatic rings. The quantitative estimate of drug-likeness (QED) is 0.190. The van der Waals surface area contributed by atoms with Crippen LogP contribution in [0.4, 0.5) is 17.1 Å². The van der Waals surface area contributed by atoms with Crippen molar-refractivity contribution in [2.24, 2.45) is 0 Å². The molecule has 0 saturated carbocycles. The number of rotatable bonds is 5. The second kappa shape index (κ2) is 11.0. The summed E-state index contributed by atoms with van der Waals surface area (Å²) in [6.45, 7) is 0. The molecule has 8 aromatic carbocycles. The predicted octanol–water partition coefficient (Wildman–Crippen LogP) is 13.4. The van der Waals surface area contributed by atoms with Crippen molar-refractivity contribution in [2.45, 2.75) is 0 Å². The van der Waals surface area contributed by atoms with Gasteiger partial charge in [-0.15, -0.1) is 0 Å². The van der Waals surface area contributed by atoms with Crippen molar-refractivity contribution >= 4 is 71.7 Å². The van der Waals surface area contributed by atoms with Gasteiger partial charge >= 0.3 is 0 Å². The highest BCUT2D eigenvalue weighted by Gasteiger charge is 2.22. The molecule has 3 heteroatoms. The van der Waals surface area contributed by atoms with Gasteiger partial charge in [-0.1, -0.05) is 121 Å². The molecular weight excluding hydrogens is 599 g/mol. The number of furan rings is 2. The van der Waals surface area contributed by atoms with Crippen molar-refractivity contribution < 1.29 is 8.83 Å². The zero-order valence-corrected chi connectivity index (χ0v) is 26.5. The van der Waals surface area contributed by atoms with Gasteiger partial charge in [0.25, 0.3) is 0 Å². The molecule has 0 bridgehead atoms. The zero-order chi connectivity index (χ0) is 32.3. The Labute approximate surface area is 282 Å². The Morgan fingerprint density at radius 1 is 0.327 bits per heavy atom. The first-order chi connectivity index (χ1) is 24.3. The van der Waals surface area contributed by atoms with Crippen molar-refractivity contribution in [1.82, 2.24) is 0 Å². The van der Waals surface area contributed by atoms with Gasteiger partial charge in [-0.25, -0.2) is 0 Å². The van der Waals surface area contributed by atoms with Gasteiger partial charge in [0.15, 0.2) is 5.58 Å². The van der Waals surface area contributed by atoms with Crippen molar-refractivity contribution in [3.05, 3.63) is 176 Å². The fraction of sp³-hybridized carbons (Fsp3) is 0. The number of hydrogen-bond acceptors (Lipinski definition) is 3.